The molecule has 0 bridgehead atoms. The standard InChI is InChI=1S/C22H29N5OS/c1-5-15(3)23-21(28)17-7-6-12-26(13-17)22-24-20-19(29-22)16(4)25-27(20)18-10-8-14(2)9-11-18/h8-11,15,17H,5-7,12-13H2,1-4H3,(H,23,28). The Balaban J connectivity index is 1.59. The molecule has 6 nitrogen and oxygen atoms in total. The van der Waals surface area contributed by atoms with Crippen LogP contribution in [0.2, 0.25) is 0 Å². The molecule has 3 aromatic rings. The first-order valence-electron chi connectivity index (χ1n) is 10.4. The number of aryl methyl sites for hydroxylation is 2. The fraction of sp³-hybridized carbons (Fsp3) is 0.500. The molecule has 1 fully saturated rings. The van der Waals surface area contributed by atoms with Gasteiger partial charge in [0.1, 0.15) is 0 Å². The van der Waals surface area contributed by atoms with Crippen LogP contribution in [0.1, 0.15) is 44.4 Å². The Kier molecular flexibility index (Phi) is 5.58. The van der Waals surface area contributed by atoms with E-state index in [-0.39, 0.29) is 17.9 Å². The molecular formula is C22H29N5OS. The topological polar surface area (TPSA) is 63.1 Å². The maximum Gasteiger partial charge on any atom is 0.225 e. The van der Waals surface area contributed by atoms with Gasteiger partial charge in [0.05, 0.1) is 22.0 Å². The van der Waals surface area contributed by atoms with Crippen molar-refractivity contribution in [3.63, 3.8) is 0 Å². The first kappa shape index (κ1) is 19.9. The van der Waals surface area contributed by atoms with E-state index in [1.807, 2.05) is 11.6 Å². The minimum Gasteiger partial charge on any atom is -0.353 e. The average Bonchev–Trinajstić information content (AvgIpc) is 3.29. The van der Waals surface area contributed by atoms with Crippen LogP contribution in [0.3, 0.4) is 0 Å². The number of carbonyl (C=O) groups is 1. The van der Waals surface area contributed by atoms with E-state index in [0.717, 1.165) is 59.2 Å². The molecule has 0 saturated carbocycles. The highest BCUT2D eigenvalue weighted by Gasteiger charge is 2.28. The van der Waals surface area contributed by atoms with Crippen molar-refractivity contribution in [1.29, 1.82) is 0 Å². The lowest BCUT2D eigenvalue weighted by molar-refractivity contribution is -0.125. The fourth-order valence-electron chi connectivity index (χ4n) is 3.75. The first-order valence-corrected chi connectivity index (χ1v) is 11.3. The second kappa shape index (κ2) is 8.14. The SMILES string of the molecule is CCC(C)NC(=O)C1CCCN(c2nc3c(s2)c(C)nn3-c2ccc(C)cc2)C1. The molecule has 4 rings (SSSR count). The molecule has 2 unspecified atom stereocenters. The Labute approximate surface area is 175 Å². The summed E-state index contributed by atoms with van der Waals surface area (Å²) in [6.45, 7) is 9.95. The molecule has 0 aliphatic carbocycles. The van der Waals surface area contributed by atoms with Crippen molar-refractivity contribution in [1.82, 2.24) is 20.1 Å². The van der Waals surface area contributed by atoms with Crippen molar-refractivity contribution in [3.05, 3.63) is 35.5 Å². The molecule has 3 heterocycles. The number of hydrogen-bond donors (Lipinski definition) is 1. The lowest BCUT2D eigenvalue weighted by Crippen LogP contribution is -2.45. The van der Waals surface area contributed by atoms with E-state index in [2.05, 4.69) is 55.3 Å². The Morgan fingerprint density at radius 3 is 2.79 bits per heavy atom. The average molecular weight is 412 g/mol. The highest BCUT2D eigenvalue weighted by atomic mass is 32.1. The summed E-state index contributed by atoms with van der Waals surface area (Å²) in [6, 6.07) is 8.57. The lowest BCUT2D eigenvalue weighted by atomic mass is 9.97. The first-order chi connectivity index (χ1) is 14.0. The van der Waals surface area contributed by atoms with E-state index in [1.165, 1.54) is 5.56 Å². The zero-order valence-corrected chi connectivity index (χ0v) is 18.4. The van der Waals surface area contributed by atoms with Crippen molar-refractivity contribution < 1.29 is 4.79 Å². The van der Waals surface area contributed by atoms with E-state index in [0.29, 0.717) is 0 Å². The number of thiazole rings is 1. The van der Waals surface area contributed by atoms with Crippen molar-refractivity contribution >= 4 is 32.7 Å². The van der Waals surface area contributed by atoms with Crippen LogP contribution in [0, 0.1) is 19.8 Å². The quantitative estimate of drug-likeness (QED) is 0.682. The predicted molar refractivity (Wildman–Crippen MR) is 119 cm³/mol. The minimum absolute atomic E-state index is 0.0273. The third-order valence-corrected chi connectivity index (χ3v) is 6.93. The predicted octanol–water partition coefficient (Wildman–Crippen LogP) is 4.23. The molecular weight excluding hydrogens is 382 g/mol. The van der Waals surface area contributed by atoms with E-state index in [4.69, 9.17) is 10.1 Å². The number of fused-ring (bicyclic) bond motifs is 1. The molecule has 29 heavy (non-hydrogen) atoms. The third kappa shape index (κ3) is 4.01. The summed E-state index contributed by atoms with van der Waals surface area (Å²) < 4.78 is 3.05. The van der Waals surface area contributed by atoms with Gasteiger partial charge in [-0.1, -0.05) is 36.0 Å². The molecule has 0 spiro atoms. The van der Waals surface area contributed by atoms with Crippen molar-refractivity contribution in [2.75, 3.05) is 18.0 Å². The van der Waals surface area contributed by atoms with Crippen LogP contribution in [0.15, 0.2) is 24.3 Å². The van der Waals surface area contributed by atoms with Gasteiger partial charge < -0.3 is 10.2 Å². The van der Waals surface area contributed by atoms with Gasteiger partial charge in [0.2, 0.25) is 5.91 Å². The maximum absolute atomic E-state index is 12.6. The van der Waals surface area contributed by atoms with Gasteiger partial charge in [-0.3, -0.25) is 4.79 Å². The number of aromatic nitrogens is 3. The summed E-state index contributed by atoms with van der Waals surface area (Å²) in [5.74, 6) is 0.201. The van der Waals surface area contributed by atoms with Gasteiger partial charge >= 0.3 is 0 Å². The van der Waals surface area contributed by atoms with Gasteiger partial charge in [0.15, 0.2) is 10.8 Å². The summed E-state index contributed by atoms with van der Waals surface area (Å²) in [6.07, 6.45) is 2.91. The number of nitrogens with zero attached hydrogens (tertiary/aromatic N) is 4. The normalized spacial score (nSPS) is 18.2. The molecule has 1 N–H and O–H groups in total. The minimum atomic E-state index is 0.0273. The summed E-state index contributed by atoms with van der Waals surface area (Å²) in [4.78, 5) is 19.8. The molecule has 1 aliphatic heterocycles. The molecule has 1 saturated heterocycles. The van der Waals surface area contributed by atoms with Gasteiger partial charge in [0.25, 0.3) is 0 Å². The van der Waals surface area contributed by atoms with Crippen LogP contribution >= 0.6 is 11.3 Å². The smallest absolute Gasteiger partial charge is 0.225 e. The monoisotopic (exact) mass is 411 g/mol. The van der Waals surface area contributed by atoms with E-state index < -0.39 is 0 Å². The number of rotatable bonds is 5. The largest absolute Gasteiger partial charge is 0.353 e. The molecule has 7 heteroatoms. The van der Waals surface area contributed by atoms with Crippen molar-refractivity contribution in [3.8, 4) is 5.69 Å². The van der Waals surface area contributed by atoms with Crippen molar-refractivity contribution in [2.24, 2.45) is 5.92 Å². The lowest BCUT2D eigenvalue weighted by Gasteiger charge is -2.32. The summed E-state index contributed by atoms with van der Waals surface area (Å²) in [5, 5.41) is 8.83. The maximum atomic E-state index is 12.6. The van der Waals surface area contributed by atoms with Gasteiger partial charge in [-0.05, 0) is 52.2 Å². The Bertz CT molecular complexity index is 1010. The highest BCUT2D eigenvalue weighted by molar-refractivity contribution is 7.22. The van der Waals surface area contributed by atoms with Crippen LogP contribution < -0.4 is 10.2 Å². The number of benzene rings is 1. The van der Waals surface area contributed by atoms with E-state index in [9.17, 15) is 4.79 Å². The molecule has 1 amide bonds. The van der Waals surface area contributed by atoms with Gasteiger partial charge in [-0.25, -0.2) is 4.68 Å². The molecule has 2 aromatic heterocycles. The van der Waals surface area contributed by atoms with Gasteiger partial charge in [0, 0.05) is 19.1 Å². The number of carbonyl (C=O) groups excluding carboxylic acids is 1. The molecule has 0 radical (unpaired) electrons. The van der Waals surface area contributed by atoms with E-state index in [1.54, 1.807) is 11.3 Å². The number of nitrogens with one attached hydrogen (secondary N) is 1. The Morgan fingerprint density at radius 1 is 1.31 bits per heavy atom. The summed E-state index contributed by atoms with van der Waals surface area (Å²) in [5.41, 5.74) is 4.14. The Hall–Kier alpha value is -2.41. The van der Waals surface area contributed by atoms with Crippen LogP contribution in [0.5, 0.6) is 0 Å². The molecule has 1 aliphatic rings. The van der Waals surface area contributed by atoms with Crippen LogP contribution in [-0.4, -0.2) is 39.8 Å². The third-order valence-electron chi connectivity index (χ3n) is 5.72. The van der Waals surface area contributed by atoms with Crippen LogP contribution in [-0.2, 0) is 4.79 Å². The molecule has 154 valence electrons. The summed E-state index contributed by atoms with van der Waals surface area (Å²) in [7, 11) is 0. The van der Waals surface area contributed by atoms with Crippen LogP contribution in [0.25, 0.3) is 16.0 Å². The number of amides is 1. The zero-order valence-electron chi connectivity index (χ0n) is 17.6. The van der Waals surface area contributed by atoms with Crippen LogP contribution in [0.4, 0.5) is 5.13 Å². The number of anilines is 1. The molecule has 1 aromatic carbocycles. The van der Waals surface area contributed by atoms with Gasteiger partial charge in [-0.15, -0.1) is 0 Å². The number of hydrogen-bond acceptors (Lipinski definition) is 5. The van der Waals surface area contributed by atoms with E-state index >= 15 is 0 Å². The second-order valence-electron chi connectivity index (χ2n) is 8.08. The second-order valence-corrected chi connectivity index (χ2v) is 9.06. The van der Waals surface area contributed by atoms with Crippen molar-refractivity contribution in [2.45, 2.75) is 53.0 Å². The molecule has 2 atom stereocenters. The summed E-state index contributed by atoms with van der Waals surface area (Å²) >= 11 is 1.68. The Morgan fingerprint density at radius 2 is 2.07 bits per heavy atom. The number of piperidine rings is 1. The fourth-order valence-corrected chi connectivity index (χ4v) is 4.77. The zero-order chi connectivity index (χ0) is 20.5. The highest BCUT2D eigenvalue weighted by Crippen LogP contribution is 2.34. The van der Waals surface area contributed by atoms with Gasteiger partial charge in [-0.2, -0.15) is 10.1 Å².